The van der Waals surface area contributed by atoms with Crippen LogP contribution in [-0.4, -0.2) is 69.7 Å². The normalized spacial score (nSPS) is 23.8. The van der Waals surface area contributed by atoms with E-state index in [0.717, 1.165) is 25.9 Å². The van der Waals surface area contributed by atoms with Gasteiger partial charge in [0, 0.05) is 24.8 Å². The topological polar surface area (TPSA) is 98.6 Å². The SMILES string of the molecule is Cc1cn([C@H]2CCN(C(=O)C3(Cc4ccccc4)CCN(C)CC3)CC[C@@H]2O)c(=O)[nH]c1=O. The summed E-state index contributed by atoms with van der Waals surface area (Å²) in [6.07, 6.45) is 3.91. The Morgan fingerprint density at radius 2 is 1.76 bits per heavy atom. The number of aromatic nitrogens is 2. The van der Waals surface area contributed by atoms with E-state index in [0.29, 0.717) is 37.9 Å². The highest BCUT2D eigenvalue weighted by Gasteiger charge is 2.44. The van der Waals surface area contributed by atoms with Crippen LogP contribution < -0.4 is 11.2 Å². The molecular weight excluding hydrogens is 420 g/mol. The predicted molar refractivity (Wildman–Crippen MR) is 126 cm³/mol. The Balaban J connectivity index is 1.56. The summed E-state index contributed by atoms with van der Waals surface area (Å²) in [7, 11) is 2.09. The van der Waals surface area contributed by atoms with Crippen molar-refractivity contribution in [2.75, 3.05) is 33.2 Å². The van der Waals surface area contributed by atoms with Gasteiger partial charge in [0.25, 0.3) is 5.56 Å². The van der Waals surface area contributed by atoms with Crippen LogP contribution in [0.5, 0.6) is 0 Å². The summed E-state index contributed by atoms with van der Waals surface area (Å²) in [6, 6.07) is 9.71. The van der Waals surface area contributed by atoms with Crippen molar-refractivity contribution < 1.29 is 9.90 Å². The highest BCUT2D eigenvalue weighted by Crippen LogP contribution is 2.38. The summed E-state index contributed by atoms with van der Waals surface area (Å²) in [4.78, 5) is 44.6. The van der Waals surface area contributed by atoms with Gasteiger partial charge >= 0.3 is 5.69 Å². The Labute approximate surface area is 193 Å². The maximum absolute atomic E-state index is 14.0. The number of aliphatic hydroxyl groups excluding tert-OH is 1. The van der Waals surface area contributed by atoms with E-state index in [2.05, 4.69) is 29.1 Å². The first-order valence-electron chi connectivity index (χ1n) is 11.8. The number of hydrogen-bond acceptors (Lipinski definition) is 5. The van der Waals surface area contributed by atoms with Crippen LogP contribution in [-0.2, 0) is 11.2 Å². The highest BCUT2D eigenvalue weighted by atomic mass is 16.3. The molecule has 178 valence electrons. The maximum atomic E-state index is 14.0. The molecule has 33 heavy (non-hydrogen) atoms. The van der Waals surface area contributed by atoms with Crippen molar-refractivity contribution in [3.05, 3.63) is 68.5 Å². The Bertz CT molecular complexity index is 1090. The Kier molecular flexibility index (Phi) is 6.86. The van der Waals surface area contributed by atoms with Crippen molar-refractivity contribution in [2.45, 2.75) is 51.2 Å². The second-order valence-electron chi connectivity index (χ2n) is 9.73. The van der Waals surface area contributed by atoms with Gasteiger partial charge < -0.3 is 14.9 Å². The maximum Gasteiger partial charge on any atom is 0.328 e. The Hall–Kier alpha value is -2.71. The lowest BCUT2D eigenvalue weighted by atomic mass is 9.72. The van der Waals surface area contributed by atoms with E-state index in [4.69, 9.17) is 0 Å². The molecule has 2 aliphatic rings. The lowest BCUT2D eigenvalue weighted by molar-refractivity contribution is -0.145. The molecule has 0 saturated carbocycles. The molecule has 2 saturated heterocycles. The van der Waals surface area contributed by atoms with Crippen molar-refractivity contribution in [3.8, 4) is 0 Å². The van der Waals surface area contributed by atoms with Crippen LogP contribution in [0, 0.1) is 12.3 Å². The summed E-state index contributed by atoms with van der Waals surface area (Å²) in [5, 5.41) is 10.8. The number of carbonyl (C=O) groups excluding carboxylic acids is 1. The average Bonchev–Trinajstić information content (AvgIpc) is 3.00. The van der Waals surface area contributed by atoms with Gasteiger partial charge in [0.15, 0.2) is 0 Å². The quantitative estimate of drug-likeness (QED) is 0.726. The molecular formula is C25H34N4O4. The zero-order chi connectivity index (χ0) is 23.6. The first-order valence-corrected chi connectivity index (χ1v) is 11.8. The monoisotopic (exact) mass is 454 g/mol. The van der Waals surface area contributed by atoms with Crippen molar-refractivity contribution in [1.29, 1.82) is 0 Å². The summed E-state index contributed by atoms with van der Waals surface area (Å²) in [6.45, 7) is 4.33. The van der Waals surface area contributed by atoms with E-state index >= 15 is 0 Å². The van der Waals surface area contributed by atoms with Crippen LogP contribution in [0.1, 0.15) is 42.9 Å². The number of H-pyrrole nitrogens is 1. The fraction of sp³-hybridized carbons (Fsp3) is 0.560. The number of aromatic amines is 1. The third kappa shape index (κ3) is 4.96. The molecule has 0 unspecified atom stereocenters. The fourth-order valence-corrected chi connectivity index (χ4v) is 5.27. The zero-order valence-electron chi connectivity index (χ0n) is 19.5. The lowest BCUT2D eigenvalue weighted by Crippen LogP contribution is -2.51. The van der Waals surface area contributed by atoms with E-state index in [-0.39, 0.29) is 5.91 Å². The van der Waals surface area contributed by atoms with Crippen LogP contribution in [0.25, 0.3) is 0 Å². The van der Waals surface area contributed by atoms with Crippen LogP contribution in [0.2, 0.25) is 0 Å². The minimum Gasteiger partial charge on any atom is -0.391 e. The third-order valence-electron chi connectivity index (χ3n) is 7.41. The molecule has 4 rings (SSSR count). The van der Waals surface area contributed by atoms with Crippen molar-refractivity contribution in [2.24, 2.45) is 5.41 Å². The molecule has 2 fully saturated rings. The minimum absolute atomic E-state index is 0.150. The number of benzene rings is 1. The third-order valence-corrected chi connectivity index (χ3v) is 7.41. The van der Waals surface area contributed by atoms with Gasteiger partial charge in [0.05, 0.1) is 17.6 Å². The number of rotatable bonds is 4. The van der Waals surface area contributed by atoms with Crippen molar-refractivity contribution in [1.82, 2.24) is 19.4 Å². The molecule has 2 atom stereocenters. The smallest absolute Gasteiger partial charge is 0.328 e. The zero-order valence-corrected chi connectivity index (χ0v) is 19.5. The summed E-state index contributed by atoms with van der Waals surface area (Å²) in [5.41, 5.74) is 0.196. The molecule has 8 nitrogen and oxygen atoms in total. The number of hydrogen-bond donors (Lipinski definition) is 2. The number of nitrogens with zero attached hydrogens (tertiary/aromatic N) is 3. The lowest BCUT2D eigenvalue weighted by Gasteiger charge is -2.42. The highest BCUT2D eigenvalue weighted by molar-refractivity contribution is 5.83. The molecule has 0 bridgehead atoms. The van der Waals surface area contributed by atoms with Crippen molar-refractivity contribution in [3.63, 3.8) is 0 Å². The molecule has 1 amide bonds. The molecule has 1 aromatic carbocycles. The molecule has 2 aliphatic heterocycles. The average molecular weight is 455 g/mol. The van der Waals surface area contributed by atoms with E-state index in [1.807, 2.05) is 23.1 Å². The first kappa shape index (κ1) is 23.4. The van der Waals surface area contributed by atoms with E-state index < -0.39 is 28.8 Å². The van der Waals surface area contributed by atoms with Gasteiger partial charge in [-0.2, -0.15) is 0 Å². The number of amides is 1. The van der Waals surface area contributed by atoms with Gasteiger partial charge in [0.1, 0.15) is 0 Å². The van der Waals surface area contributed by atoms with E-state index in [1.165, 1.54) is 16.3 Å². The first-order chi connectivity index (χ1) is 15.8. The van der Waals surface area contributed by atoms with E-state index in [9.17, 15) is 19.5 Å². The summed E-state index contributed by atoms with van der Waals surface area (Å²) in [5.74, 6) is 0.150. The Morgan fingerprint density at radius 1 is 1.09 bits per heavy atom. The number of nitrogens with one attached hydrogen (secondary N) is 1. The summed E-state index contributed by atoms with van der Waals surface area (Å²) < 4.78 is 1.42. The van der Waals surface area contributed by atoms with Gasteiger partial charge in [0.2, 0.25) is 5.91 Å². The summed E-state index contributed by atoms with van der Waals surface area (Å²) >= 11 is 0. The molecule has 0 radical (unpaired) electrons. The molecule has 2 N–H and O–H groups in total. The van der Waals surface area contributed by atoms with Gasteiger partial charge in [-0.25, -0.2) is 4.79 Å². The molecule has 2 aromatic rings. The van der Waals surface area contributed by atoms with Gasteiger partial charge in [-0.3, -0.25) is 19.1 Å². The van der Waals surface area contributed by atoms with Crippen molar-refractivity contribution >= 4 is 5.91 Å². The molecule has 8 heteroatoms. The van der Waals surface area contributed by atoms with Crippen LogP contribution in [0.3, 0.4) is 0 Å². The molecule has 0 spiro atoms. The minimum atomic E-state index is -0.770. The largest absolute Gasteiger partial charge is 0.391 e. The van der Waals surface area contributed by atoms with Crippen LogP contribution in [0.4, 0.5) is 0 Å². The Morgan fingerprint density at radius 3 is 2.45 bits per heavy atom. The van der Waals surface area contributed by atoms with Gasteiger partial charge in [-0.15, -0.1) is 0 Å². The number of aliphatic hydroxyl groups is 1. The number of piperidine rings is 1. The predicted octanol–water partition coefficient (Wildman–Crippen LogP) is 1.32. The standard InChI is InChI=1S/C25H34N4O4/c1-18-17-29(24(33)26-22(18)31)20-8-12-28(13-9-21(20)30)23(32)25(10-14-27(2)15-11-25)16-19-6-4-3-5-7-19/h3-7,17,20-21,30H,8-16H2,1-2H3,(H,26,31,33)/t20-,21-/m0/s1. The molecule has 3 heterocycles. The van der Waals surface area contributed by atoms with Crippen LogP contribution >= 0.6 is 0 Å². The van der Waals surface area contributed by atoms with Gasteiger partial charge in [-0.1, -0.05) is 30.3 Å². The number of likely N-dealkylation sites (tertiary alicyclic amines) is 2. The molecule has 0 aliphatic carbocycles. The van der Waals surface area contributed by atoms with Crippen LogP contribution in [0.15, 0.2) is 46.1 Å². The van der Waals surface area contributed by atoms with E-state index in [1.54, 1.807) is 6.92 Å². The fourth-order valence-electron chi connectivity index (χ4n) is 5.27. The van der Waals surface area contributed by atoms with Gasteiger partial charge in [-0.05, 0) is 64.7 Å². The second-order valence-corrected chi connectivity index (χ2v) is 9.73. The second kappa shape index (κ2) is 9.65. The number of aryl methyl sites for hydroxylation is 1. The number of carbonyl (C=O) groups is 1. The molecule has 1 aromatic heterocycles.